The number of hydroxylamine groups is 1. The average Bonchev–Trinajstić information content (AvgIpc) is 2.55. The highest BCUT2D eigenvalue weighted by atomic mass is 16.6. The van der Waals surface area contributed by atoms with E-state index >= 15 is 0 Å². The van der Waals surface area contributed by atoms with Crippen LogP contribution in [0.2, 0.25) is 0 Å². The highest BCUT2D eigenvalue weighted by Gasteiger charge is 2.18. The summed E-state index contributed by atoms with van der Waals surface area (Å²) in [5.41, 5.74) is 2.78. The monoisotopic (exact) mass is 358 g/mol. The first kappa shape index (κ1) is 19.3. The Bertz CT molecular complexity index is 769. The van der Waals surface area contributed by atoms with Crippen LogP contribution in [0.25, 0.3) is 0 Å². The van der Waals surface area contributed by atoms with E-state index in [-0.39, 0.29) is 17.9 Å². The zero-order valence-electron chi connectivity index (χ0n) is 14.9. The second kappa shape index (κ2) is 8.35. The number of anilines is 1. The molecule has 0 heterocycles. The summed E-state index contributed by atoms with van der Waals surface area (Å²) in [4.78, 5) is 29.1. The standard InChI is InChI=1S/C19H22N2O5/c1-19(2,3)26-18(24)20-14-9-10-16(22)15(11-14)17(23)21-25-12-13-7-5-4-6-8-13/h4-11,22H,12H2,1-3H3,(H,20,24)(H,21,23). The summed E-state index contributed by atoms with van der Waals surface area (Å²) in [5.74, 6) is -0.869. The number of carbonyl (C=O) groups excluding carboxylic acids is 2. The maximum Gasteiger partial charge on any atom is 0.412 e. The number of amides is 2. The Hall–Kier alpha value is -3.06. The summed E-state index contributed by atoms with van der Waals surface area (Å²) in [6.07, 6.45) is -0.658. The number of benzene rings is 2. The number of hydrogen-bond donors (Lipinski definition) is 3. The average molecular weight is 358 g/mol. The van der Waals surface area contributed by atoms with Crippen molar-refractivity contribution in [1.82, 2.24) is 5.48 Å². The van der Waals surface area contributed by atoms with E-state index in [1.165, 1.54) is 18.2 Å². The van der Waals surface area contributed by atoms with Gasteiger partial charge in [0.2, 0.25) is 0 Å². The van der Waals surface area contributed by atoms with E-state index in [0.717, 1.165) is 5.56 Å². The Morgan fingerprint density at radius 2 is 1.77 bits per heavy atom. The second-order valence-corrected chi connectivity index (χ2v) is 6.56. The Morgan fingerprint density at radius 1 is 1.08 bits per heavy atom. The van der Waals surface area contributed by atoms with Crippen molar-refractivity contribution < 1.29 is 24.3 Å². The number of phenolic OH excluding ortho intramolecular Hbond substituents is 1. The molecule has 138 valence electrons. The Morgan fingerprint density at radius 3 is 2.42 bits per heavy atom. The normalized spacial score (nSPS) is 10.9. The van der Waals surface area contributed by atoms with Crippen molar-refractivity contribution in [2.75, 3.05) is 5.32 Å². The maximum absolute atomic E-state index is 12.2. The fourth-order valence-electron chi connectivity index (χ4n) is 2.03. The van der Waals surface area contributed by atoms with E-state index in [9.17, 15) is 14.7 Å². The molecule has 0 saturated heterocycles. The number of phenols is 1. The molecular weight excluding hydrogens is 336 g/mol. The van der Waals surface area contributed by atoms with Gasteiger partial charge in [-0.15, -0.1) is 0 Å². The van der Waals surface area contributed by atoms with Crippen LogP contribution in [0, 0.1) is 0 Å². The zero-order valence-corrected chi connectivity index (χ0v) is 14.9. The smallest absolute Gasteiger partial charge is 0.412 e. The van der Waals surface area contributed by atoms with Gasteiger partial charge in [-0.05, 0) is 44.5 Å². The third-order valence-electron chi connectivity index (χ3n) is 3.13. The predicted octanol–water partition coefficient (Wildman–Crippen LogP) is 3.60. The lowest BCUT2D eigenvalue weighted by atomic mass is 10.1. The molecule has 0 radical (unpaired) electrons. The van der Waals surface area contributed by atoms with Crippen molar-refractivity contribution in [2.45, 2.75) is 33.0 Å². The number of aromatic hydroxyl groups is 1. The van der Waals surface area contributed by atoms with Gasteiger partial charge in [0.05, 0.1) is 12.2 Å². The number of rotatable bonds is 5. The van der Waals surface area contributed by atoms with Gasteiger partial charge in [0, 0.05) is 5.69 Å². The first-order chi connectivity index (χ1) is 12.2. The topological polar surface area (TPSA) is 96.9 Å². The van der Waals surface area contributed by atoms with Crippen molar-refractivity contribution in [1.29, 1.82) is 0 Å². The second-order valence-electron chi connectivity index (χ2n) is 6.56. The van der Waals surface area contributed by atoms with Crippen LogP contribution in [0.4, 0.5) is 10.5 Å². The summed E-state index contributed by atoms with van der Waals surface area (Å²) in [7, 11) is 0. The SMILES string of the molecule is CC(C)(C)OC(=O)Nc1ccc(O)c(C(=O)NOCc2ccccc2)c1. The van der Waals surface area contributed by atoms with E-state index in [2.05, 4.69) is 10.8 Å². The molecular formula is C19H22N2O5. The molecule has 0 saturated carbocycles. The zero-order chi connectivity index (χ0) is 19.2. The first-order valence-corrected chi connectivity index (χ1v) is 8.04. The lowest BCUT2D eigenvalue weighted by molar-refractivity contribution is 0.0231. The molecule has 0 aliphatic heterocycles. The molecule has 0 aromatic heterocycles. The van der Waals surface area contributed by atoms with Gasteiger partial charge >= 0.3 is 6.09 Å². The lowest BCUT2D eigenvalue weighted by Gasteiger charge is -2.19. The maximum atomic E-state index is 12.2. The highest BCUT2D eigenvalue weighted by molar-refractivity contribution is 5.98. The third-order valence-corrected chi connectivity index (χ3v) is 3.13. The number of hydrogen-bond acceptors (Lipinski definition) is 5. The molecule has 0 fully saturated rings. The summed E-state index contributed by atoms with van der Waals surface area (Å²) < 4.78 is 5.15. The molecule has 3 N–H and O–H groups in total. The van der Waals surface area contributed by atoms with E-state index in [0.29, 0.717) is 5.69 Å². The van der Waals surface area contributed by atoms with Crippen molar-refractivity contribution in [2.24, 2.45) is 0 Å². The van der Waals surface area contributed by atoms with Gasteiger partial charge in [0.15, 0.2) is 0 Å². The van der Waals surface area contributed by atoms with Crippen LogP contribution in [0.3, 0.4) is 0 Å². The molecule has 2 rings (SSSR count). The van der Waals surface area contributed by atoms with Gasteiger partial charge in [0.25, 0.3) is 5.91 Å². The largest absolute Gasteiger partial charge is 0.507 e. The highest BCUT2D eigenvalue weighted by Crippen LogP contribution is 2.22. The summed E-state index contributed by atoms with van der Waals surface area (Å²) in [5, 5.41) is 12.4. The summed E-state index contributed by atoms with van der Waals surface area (Å²) in [6.45, 7) is 5.41. The summed E-state index contributed by atoms with van der Waals surface area (Å²) >= 11 is 0. The van der Waals surface area contributed by atoms with Crippen LogP contribution < -0.4 is 10.8 Å². The molecule has 2 amide bonds. The van der Waals surface area contributed by atoms with E-state index in [1.807, 2.05) is 30.3 Å². The van der Waals surface area contributed by atoms with E-state index in [1.54, 1.807) is 20.8 Å². The molecule has 0 aliphatic carbocycles. The van der Waals surface area contributed by atoms with E-state index < -0.39 is 17.6 Å². The fourth-order valence-corrected chi connectivity index (χ4v) is 2.03. The molecule has 2 aromatic carbocycles. The number of nitrogens with one attached hydrogen (secondary N) is 2. The van der Waals surface area contributed by atoms with Crippen molar-refractivity contribution >= 4 is 17.7 Å². The van der Waals surface area contributed by atoms with Crippen LogP contribution in [0.15, 0.2) is 48.5 Å². The van der Waals surface area contributed by atoms with Gasteiger partial charge in [-0.3, -0.25) is 14.9 Å². The Kier molecular flexibility index (Phi) is 6.19. The van der Waals surface area contributed by atoms with E-state index in [4.69, 9.17) is 9.57 Å². The molecule has 0 aliphatic rings. The quantitative estimate of drug-likeness (QED) is 0.560. The minimum atomic E-state index is -0.658. The molecule has 26 heavy (non-hydrogen) atoms. The van der Waals surface area contributed by atoms with Crippen molar-refractivity contribution in [3.8, 4) is 5.75 Å². The van der Waals surface area contributed by atoms with Gasteiger partial charge in [0.1, 0.15) is 11.4 Å². The molecule has 7 heteroatoms. The molecule has 0 spiro atoms. The van der Waals surface area contributed by atoms with Crippen LogP contribution in [-0.2, 0) is 16.2 Å². The molecule has 0 bridgehead atoms. The lowest BCUT2D eigenvalue weighted by Crippen LogP contribution is -2.27. The van der Waals surface area contributed by atoms with Gasteiger partial charge in [-0.2, -0.15) is 0 Å². The Balaban J connectivity index is 1.97. The fraction of sp³-hybridized carbons (Fsp3) is 0.263. The predicted molar refractivity (Wildman–Crippen MR) is 96.7 cm³/mol. The van der Waals surface area contributed by atoms with Crippen molar-refractivity contribution in [3.05, 3.63) is 59.7 Å². The molecule has 0 atom stereocenters. The minimum Gasteiger partial charge on any atom is -0.507 e. The minimum absolute atomic E-state index is 0.0355. The van der Waals surface area contributed by atoms with Crippen LogP contribution in [0.5, 0.6) is 5.75 Å². The first-order valence-electron chi connectivity index (χ1n) is 8.04. The molecule has 0 unspecified atom stereocenters. The van der Waals surface area contributed by atoms with Gasteiger partial charge in [-0.25, -0.2) is 10.3 Å². The summed E-state index contributed by atoms with van der Waals surface area (Å²) in [6, 6.07) is 13.4. The van der Waals surface area contributed by atoms with Crippen LogP contribution >= 0.6 is 0 Å². The van der Waals surface area contributed by atoms with Crippen molar-refractivity contribution in [3.63, 3.8) is 0 Å². The number of ether oxygens (including phenoxy) is 1. The van der Waals surface area contributed by atoms with Gasteiger partial charge in [-0.1, -0.05) is 30.3 Å². The number of carbonyl (C=O) groups is 2. The van der Waals surface area contributed by atoms with Crippen LogP contribution in [-0.4, -0.2) is 22.7 Å². The third kappa shape index (κ3) is 6.10. The van der Waals surface area contributed by atoms with Gasteiger partial charge < -0.3 is 9.84 Å². The molecule has 2 aromatic rings. The molecule has 7 nitrogen and oxygen atoms in total. The Labute approximate surface area is 151 Å². The van der Waals surface area contributed by atoms with Crippen LogP contribution in [0.1, 0.15) is 36.7 Å².